The third-order valence-corrected chi connectivity index (χ3v) is 4.71. The number of hydrogen-bond donors (Lipinski definition) is 0. The predicted molar refractivity (Wildman–Crippen MR) is 97.2 cm³/mol. The fraction of sp³-hybridized carbons (Fsp3) is 0.263. The van der Waals surface area contributed by atoms with Crippen molar-refractivity contribution in [3.8, 4) is 11.5 Å². The molecule has 4 rings (SSSR count). The van der Waals surface area contributed by atoms with Gasteiger partial charge < -0.3 is 9.47 Å². The molecule has 1 aromatic carbocycles. The number of carbonyl (C=O) groups is 1. The van der Waals surface area contributed by atoms with Crippen LogP contribution in [0.3, 0.4) is 0 Å². The summed E-state index contributed by atoms with van der Waals surface area (Å²) in [6.45, 7) is 3.18. The van der Waals surface area contributed by atoms with Gasteiger partial charge in [0.2, 0.25) is 5.91 Å². The zero-order chi connectivity index (χ0) is 17.4. The Bertz CT molecular complexity index is 896. The number of carbonyl (C=O) groups excluding carboxylic acids is 1. The molecule has 0 N–H and O–H groups in total. The molecule has 0 saturated heterocycles. The highest BCUT2D eigenvalue weighted by molar-refractivity contribution is 6.18. The molecule has 2 aromatic heterocycles. The third kappa shape index (κ3) is 2.85. The molecule has 1 aliphatic heterocycles. The molecule has 1 amide bonds. The Morgan fingerprint density at radius 2 is 1.88 bits per heavy atom. The molecule has 0 atom stereocenters. The number of halogens is 1. The molecule has 5 nitrogen and oxygen atoms in total. The van der Waals surface area contributed by atoms with Gasteiger partial charge in [-0.05, 0) is 31.2 Å². The largest absolute Gasteiger partial charge is 0.332 e. The number of fused-ring (bicyclic) bond motifs is 1. The van der Waals surface area contributed by atoms with Crippen molar-refractivity contribution in [3.05, 3.63) is 65.6 Å². The van der Waals surface area contributed by atoms with Crippen molar-refractivity contribution in [1.29, 1.82) is 0 Å². The molecule has 0 bridgehead atoms. The van der Waals surface area contributed by atoms with Gasteiger partial charge >= 0.3 is 0 Å². The number of alkyl halides is 1. The van der Waals surface area contributed by atoms with E-state index >= 15 is 0 Å². The van der Waals surface area contributed by atoms with Crippen LogP contribution in [-0.2, 0) is 17.9 Å². The van der Waals surface area contributed by atoms with Crippen LogP contribution in [0.1, 0.15) is 23.2 Å². The number of amides is 1. The summed E-state index contributed by atoms with van der Waals surface area (Å²) < 4.78 is 4.02. The zero-order valence-electron chi connectivity index (χ0n) is 14.0. The minimum absolute atomic E-state index is 0.0772. The summed E-state index contributed by atoms with van der Waals surface area (Å²) in [6.07, 6.45) is 4.37. The lowest BCUT2D eigenvalue weighted by atomic mass is 10.2. The van der Waals surface area contributed by atoms with Crippen LogP contribution in [0.2, 0.25) is 0 Å². The SMILES string of the molecule is Cc1ccc(-n2nc3c(c2-n2cccc2)CN(C(=O)CCCl)C3)cc1. The highest BCUT2D eigenvalue weighted by Crippen LogP contribution is 2.30. The molecule has 6 heteroatoms. The summed E-state index contributed by atoms with van der Waals surface area (Å²) >= 11 is 5.72. The van der Waals surface area contributed by atoms with E-state index in [0.717, 1.165) is 22.8 Å². The summed E-state index contributed by atoms with van der Waals surface area (Å²) in [5.41, 5.74) is 4.28. The van der Waals surface area contributed by atoms with Crippen LogP contribution in [0.5, 0.6) is 0 Å². The standard InChI is InChI=1S/C19H19ClN4O/c1-14-4-6-15(7-5-14)24-19(22-10-2-3-11-22)16-12-23(13-17(16)21-24)18(25)8-9-20/h2-7,10-11H,8-9,12-13H2,1H3. The highest BCUT2D eigenvalue weighted by Gasteiger charge is 2.30. The second-order valence-electron chi connectivity index (χ2n) is 6.28. The van der Waals surface area contributed by atoms with Gasteiger partial charge in [0, 0.05) is 30.3 Å². The molecule has 0 unspecified atom stereocenters. The Morgan fingerprint density at radius 3 is 2.56 bits per heavy atom. The van der Waals surface area contributed by atoms with Crippen molar-refractivity contribution in [2.75, 3.05) is 5.88 Å². The van der Waals surface area contributed by atoms with Gasteiger partial charge in [-0.25, -0.2) is 4.68 Å². The average molecular weight is 355 g/mol. The smallest absolute Gasteiger partial charge is 0.224 e. The average Bonchev–Trinajstić information content (AvgIpc) is 3.31. The topological polar surface area (TPSA) is 43.1 Å². The monoisotopic (exact) mass is 354 g/mol. The lowest BCUT2D eigenvalue weighted by Gasteiger charge is -2.17. The maximum atomic E-state index is 12.2. The fourth-order valence-electron chi connectivity index (χ4n) is 3.22. The Hall–Kier alpha value is -2.53. The Balaban J connectivity index is 1.77. The van der Waals surface area contributed by atoms with Gasteiger partial charge in [0.1, 0.15) is 5.82 Å². The van der Waals surface area contributed by atoms with Gasteiger partial charge in [-0.2, -0.15) is 5.10 Å². The Morgan fingerprint density at radius 1 is 1.16 bits per heavy atom. The van der Waals surface area contributed by atoms with Crippen LogP contribution in [-0.4, -0.2) is 31.0 Å². The number of aryl methyl sites for hydroxylation is 1. The summed E-state index contributed by atoms with van der Waals surface area (Å²) in [4.78, 5) is 14.0. The number of nitrogens with zero attached hydrogens (tertiary/aromatic N) is 4. The van der Waals surface area contributed by atoms with Crippen LogP contribution in [0.4, 0.5) is 0 Å². The zero-order valence-corrected chi connectivity index (χ0v) is 14.8. The first kappa shape index (κ1) is 16.0. The van der Waals surface area contributed by atoms with Gasteiger partial charge in [-0.3, -0.25) is 4.79 Å². The van der Waals surface area contributed by atoms with Crippen LogP contribution in [0.25, 0.3) is 11.5 Å². The van der Waals surface area contributed by atoms with E-state index in [4.69, 9.17) is 16.7 Å². The van der Waals surface area contributed by atoms with E-state index in [9.17, 15) is 4.79 Å². The van der Waals surface area contributed by atoms with Crippen molar-refractivity contribution >= 4 is 17.5 Å². The lowest BCUT2D eigenvalue weighted by molar-refractivity contribution is -0.131. The third-order valence-electron chi connectivity index (χ3n) is 4.52. The van der Waals surface area contributed by atoms with E-state index in [1.807, 2.05) is 34.1 Å². The van der Waals surface area contributed by atoms with Gasteiger partial charge in [0.15, 0.2) is 0 Å². The number of hydrogen-bond acceptors (Lipinski definition) is 2. The molecule has 25 heavy (non-hydrogen) atoms. The van der Waals surface area contributed by atoms with Crippen molar-refractivity contribution in [2.45, 2.75) is 26.4 Å². The van der Waals surface area contributed by atoms with Crippen molar-refractivity contribution in [1.82, 2.24) is 19.2 Å². The first-order valence-electron chi connectivity index (χ1n) is 8.32. The molecule has 0 saturated carbocycles. The van der Waals surface area contributed by atoms with E-state index in [-0.39, 0.29) is 5.91 Å². The van der Waals surface area contributed by atoms with Gasteiger partial charge in [-0.1, -0.05) is 17.7 Å². The predicted octanol–water partition coefficient (Wildman–Crippen LogP) is 3.44. The lowest BCUT2D eigenvalue weighted by Crippen LogP contribution is -2.26. The van der Waals surface area contributed by atoms with E-state index < -0.39 is 0 Å². The normalized spacial score (nSPS) is 13.3. The molecule has 1 aliphatic rings. The van der Waals surface area contributed by atoms with Crippen LogP contribution >= 0.6 is 11.6 Å². The van der Waals surface area contributed by atoms with Gasteiger partial charge in [-0.15, -0.1) is 11.6 Å². The fourth-order valence-corrected chi connectivity index (χ4v) is 3.39. The number of benzene rings is 1. The number of rotatable bonds is 4. The second-order valence-corrected chi connectivity index (χ2v) is 6.65. The van der Waals surface area contributed by atoms with Crippen LogP contribution in [0, 0.1) is 6.92 Å². The molecule has 0 spiro atoms. The van der Waals surface area contributed by atoms with E-state index in [1.54, 1.807) is 0 Å². The summed E-state index contributed by atoms with van der Waals surface area (Å²) in [5, 5.41) is 4.81. The van der Waals surface area contributed by atoms with Crippen LogP contribution in [0.15, 0.2) is 48.8 Å². The first-order valence-corrected chi connectivity index (χ1v) is 8.85. The minimum Gasteiger partial charge on any atom is -0.332 e. The number of aromatic nitrogens is 3. The van der Waals surface area contributed by atoms with Gasteiger partial charge in [0.05, 0.1) is 24.5 Å². The minimum atomic E-state index is 0.0772. The molecular formula is C19H19ClN4O. The van der Waals surface area contributed by atoms with Crippen molar-refractivity contribution in [2.24, 2.45) is 0 Å². The summed E-state index contributed by atoms with van der Waals surface area (Å²) in [7, 11) is 0. The van der Waals surface area contributed by atoms with Crippen molar-refractivity contribution < 1.29 is 4.79 Å². The van der Waals surface area contributed by atoms with Crippen molar-refractivity contribution in [3.63, 3.8) is 0 Å². The van der Waals surface area contributed by atoms with E-state index in [0.29, 0.717) is 25.4 Å². The molecule has 0 fully saturated rings. The maximum Gasteiger partial charge on any atom is 0.224 e. The molecule has 3 aromatic rings. The maximum absolute atomic E-state index is 12.2. The summed E-state index contributed by atoms with van der Waals surface area (Å²) in [6, 6.07) is 12.3. The van der Waals surface area contributed by atoms with Crippen LogP contribution < -0.4 is 0 Å². The molecule has 0 radical (unpaired) electrons. The van der Waals surface area contributed by atoms with E-state index in [2.05, 4.69) is 35.8 Å². The quantitative estimate of drug-likeness (QED) is 0.673. The molecule has 128 valence electrons. The first-order chi connectivity index (χ1) is 12.2. The molecule has 3 heterocycles. The Labute approximate surface area is 151 Å². The Kier molecular flexibility index (Phi) is 4.09. The molecular weight excluding hydrogens is 336 g/mol. The second kappa shape index (κ2) is 6.41. The summed E-state index contributed by atoms with van der Waals surface area (Å²) in [5.74, 6) is 1.42. The van der Waals surface area contributed by atoms with Gasteiger partial charge in [0.25, 0.3) is 0 Å². The molecule has 0 aliphatic carbocycles. The van der Waals surface area contributed by atoms with E-state index in [1.165, 1.54) is 5.56 Å². The highest BCUT2D eigenvalue weighted by atomic mass is 35.5.